The zero-order chi connectivity index (χ0) is 12.3. The van der Waals surface area contributed by atoms with Crippen LogP contribution in [0, 0.1) is 24.5 Å². The minimum absolute atomic E-state index is 0.0590. The van der Waals surface area contributed by atoms with Crippen molar-refractivity contribution < 1.29 is 13.9 Å². The van der Waals surface area contributed by atoms with Crippen LogP contribution in [0.25, 0.3) is 0 Å². The largest absolute Gasteiger partial charge is 0.388 e. The van der Waals surface area contributed by atoms with Gasteiger partial charge in [-0.05, 0) is 43.4 Å². The van der Waals surface area contributed by atoms with Gasteiger partial charge in [-0.3, -0.25) is 0 Å². The molecule has 0 aromatic heterocycles. The van der Waals surface area contributed by atoms with E-state index in [2.05, 4.69) is 0 Å². The summed E-state index contributed by atoms with van der Waals surface area (Å²) in [6, 6.07) is 2.22. The molecule has 1 rings (SSSR count). The van der Waals surface area contributed by atoms with E-state index in [1.165, 1.54) is 6.92 Å². The first-order chi connectivity index (χ1) is 7.41. The van der Waals surface area contributed by atoms with Gasteiger partial charge in [-0.1, -0.05) is 13.8 Å². The number of halogens is 2. The minimum atomic E-state index is -0.919. The van der Waals surface area contributed by atoms with Crippen LogP contribution in [0.4, 0.5) is 8.78 Å². The van der Waals surface area contributed by atoms with Gasteiger partial charge in [-0.15, -0.1) is 0 Å². The van der Waals surface area contributed by atoms with E-state index < -0.39 is 17.7 Å². The molecule has 0 saturated carbocycles. The van der Waals surface area contributed by atoms with Crippen LogP contribution in [-0.4, -0.2) is 5.11 Å². The number of hydrogen-bond acceptors (Lipinski definition) is 1. The molecule has 0 radical (unpaired) electrons. The predicted octanol–water partition coefficient (Wildman–Crippen LogP) is 3.74. The minimum Gasteiger partial charge on any atom is -0.388 e. The molecule has 0 aliphatic carbocycles. The third kappa shape index (κ3) is 3.27. The molecule has 90 valence electrons. The van der Waals surface area contributed by atoms with Gasteiger partial charge >= 0.3 is 0 Å². The molecule has 0 heterocycles. The Balaban J connectivity index is 2.82. The van der Waals surface area contributed by atoms with Gasteiger partial charge in [0, 0.05) is 5.56 Å². The molecule has 0 fully saturated rings. The number of aliphatic hydroxyl groups is 1. The summed E-state index contributed by atoms with van der Waals surface area (Å²) in [4.78, 5) is 0. The third-order valence-corrected chi connectivity index (χ3v) is 2.65. The van der Waals surface area contributed by atoms with Crippen LogP contribution in [0.5, 0.6) is 0 Å². The van der Waals surface area contributed by atoms with E-state index in [1.807, 2.05) is 13.8 Å². The molecule has 3 heteroatoms. The molecule has 0 bridgehead atoms. The maximum atomic E-state index is 13.5. The second-order valence-corrected chi connectivity index (χ2v) is 4.61. The normalized spacial score (nSPS) is 13.2. The van der Waals surface area contributed by atoms with Gasteiger partial charge in [-0.25, -0.2) is 8.78 Å². The Kier molecular flexibility index (Phi) is 4.42. The Morgan fingerprint density at radius 1 is 1.12 bits per heavy atom. The maximum Gasteiger partial charge on any atom is 0.129 e. The zero-order valence-corrected chi connectivity index (χ0v) is 9.93. The van der Waals surface area contributed by atoms with E-state index in [9.17, 15) is 13.9 Å². The average molecular weight is 228 g/mol. The van der Waals surface area contributed by atoms with E-state index in [-0.39, 0.29) is 11.1 Å². The highest BCUT2D eigenvalue weighted by molar-refractivity contribution is 5.26. The lowest BCUT2D eigenvalue weighted by molar-refractivity contribution is 0.154. The smallest absolute Gasteiger partial charge is 0.129 e. The molecule has 0 aliphatic heterocycles. The molecule has 1 nitrogen and oxygen atoms in total. The summed E-state index contributed by atoms with van der Waals surface area (Å²) in [5.74, 6) is -0.567. The average Bonchev–Trinajstić information content (AvgIpc) is 2.20. The van der Waals surface area contributed by atoms with Crippen LogP contribution in [-0.2, 0) is 0 Å². The predicted molar refractivity (Wildman–Crippen MR) is 60.1 cm³/mol. The lowest BCUT2D eigenvalue weighted by Crippen LogP contribution is -2.04. The maximum absolute atomic E-state index is 13.5. The molecule has 1 unspecified atom stereocenters. The van der Waals surface area contributed by atoms with Crippen molar-refractivity contribution in [1.29, 1.82) is 0 Å². The van der Waals surface area contributed by atoms with E-state index in [4.69, 9.17) is 0 Å². The first-order valence-electron chi connectivity index (χ1n) is 5.55. The second kappa shape index (κ2) is 5.39. The number of aliphatic hydroxyl groups excluding tert-OH is 1. The number of hydrogen-bond donors (Lipinski definition) is 1. The Bertz CT molecular complexity index is 361. The van der Waals surface area contributed by atoms with Crippen LogP contribution in [0.1, 0.15) is 43.9 Å². The second-order valence-electron chi connectivity index (χ2n) is 4.61. The molecule has 1 atom stereocenters. The fourth-order valence-corrected chi connectivity index (χ4v) is 1.56. The molecule has 16 heavy (non-hydrogen) atoms. The van der Waals surface area contributed by atoms with Gasteiger partial charge in [0.1, 0.15) is 11.6 Å². The lowest BCUT2D eigenvalue weighted by atomic mass is 9.98. The summed E-state index contributed by atoms with van der Waals surface area (Å²) in [7, 11) is 0. The molecule has 0 aliphatic rings. The molecule has 1 aromatic rings. The zero-order valence-electron chi connectivity index (χ0n) is 9.93. The summed E-state index contributed by atoms with van der Waals surface area (Å²) in [5, 5.41) is 9.76. The SMILES string of the molecule is Cc1cc(F)c(C(O)CCC(C)C)cc1F. The lowest BCUT2D eigenvalue weighted by Gasteiger charge is -2.14. The van der Waals surface area contributed by atoms with Crippen molar-refractivity contribution in [2.24, 2.45) is 5.92 Å². The van der Waals surface area contributed by atoms with Crippen LogP contribution in [0.15, 0.2) is 12.1 Å². The van der Waals surface area contributed by atoms with E-state index in [0.717, 1.165) is 18.6 Å². The first kappa shape index (κ1) is 13.1. The third-order valence-electron chi connectivity index (χ3n) is 2.65. The monoisotopic (exact) mass is 228 g/mol. The Labute approximate surface area is 95.1 Å². The fourth-order valence-electron chi connectivity index (χ4n) is 1.56. The van der Waals surface area contributed by atoms with Crippen molar-refractivity contribution in [3.05, 3.63) is 34.9 Å². The highest BCUT2D eigenvalue weighted by Gasteiger charge is 2.15. The summed E-state index contributed by atoms with van der Waals surface area (Å²) in [5.41, 5.74) is 0.320. The van der Waals surface area contributed by atoms with Crippen LogP contribution >= 0.6 is 0 Å². The van der Waals surface area contributed by atoms with Gasteiger partial charge in [-0.2, -0.15) is 0 Å². The van der Waals surface area contributed by atoms with E-state index >= 15 is 0 Å². The van der Waals surface area contributed by atoms with Crippen molar-refractivity contribution in [2.75, 3.05) is 0 Å². The Hall–Kier alpha value is -0.960. The van der Waals surface area contributed by atoms with Crippen molar-refractivity contribution in [1.82, 2.24) is 0 Å². The first-order valence-corrected chi connectivity index (χ1v) is 5.55. The summed E-state index contributed by atoms with van der Waals surface area (Å²) in [6.07, 6.45) is 0.324. The molecule has 1 aromatic carbocycles. The highest BCUT2D eigenvalue weighted by atomic mass is 19.1. The van der Waals surface area contributed by atoms with Crippen molar-refractivity contribution in [3.8, 4) is 0 Å². The molecule has 0 saturated heterocycles. The van der Waals surface area contributed by atoms with Crippen molar-refractivity contribution >= 4 is 0 Å². The highest BCUT2D eigenvalue weighted by Crippen LogP contribution is 2.25. The van der Waals surface area contributed by atoms with E-state index in [1.54, 1.807) is 0 Å². The summed E-state index contributed by atoms with van der Waals surface area (Å²) in [6.45, 7) is 5.56. The Morgan fingerprint density at radius 3 is 2.31 bits per heavy atom. The number of aryl methyl sites for hydroxylation is 1. The number of benzene rings is 1. The molecular formula is C13H18F2O. The van der Waals surface area contributed by atoms with Crippen molar-refractivity contribution in [2.45, 2.75) is 39.7 Å². The Morgan fingerprint density at radius 2 is 1.75 bits per heavy atom. The molecule has 1 N–H and O–H groups in total. The molecular weight excluding hydrogens is 210 g/mol. The van der Waals surface area contributed by atoms with Gasteiger partial charge in [0.2, 0.25) is 0 Å². The summed E-state index contributed by atoms with van der Waals surface area (Å²) >= 11 is 0. The van der Waals surface area contributed by atoms with Gasteiger partial charge in [0.15, 0.2) is 0 Å². The summed E-state index contributed by atoms with van der Waals surface area (Å²) < 4.78 is 26.7. The quantitative estimate of drug-likeness (QED) is 0.832. The van der Waals surface area contributed by atoms with Gasteiger partial charge < -0.3 is 5.11 Å². The fraction of sp³-hybridized carbons (Fsp3) is 0.538. The van der Waals surface area contributed by atoms with Crippen LogP contribution in [0.2, 0.25) is 0 Å². The van der Waals surface area contributed by atoms with Crippen molar-refractivity contribution in [3.63, 3.8) is 0 Å². The standard InChI is InChI=1S/C13H18F2O/c1-8(2)4-5-13(16)10-7-11(14)9(3)6-12(10)15/h6-8,13,16H,4-5H2,1-3H3. The molecule has 0 spiro atoms. The van der Waals surface area contributed by atoms with Crippen LogP contribution in [0.3, 0.4) is 0 Å². The topological polar surface area (TPSA) is 20.2 Å². The number of rotatable bonds is 4. The van der Waals surface area contributed by atoms with Crippen LogP contribution < -0.4 is 0 Å². The van der Waals surface area contributed by atoms with Gasteiger partial charge in [0.25, 0.3) is 0 Å². The van der Waals surface area contributed by atoms with E-state index in [0.29, 0.717) is 12.3 Å². The molecule has 0 amide bonds. The van der Waals surface area contributed by atoms with Gasteiger partial charge in [0.05, 0.1) is 6.10 Å².